The van der Waals surface area contributed by atoms with Crippen molar-refractivity contribution in [3.63, 3.8) is 0 Å². The van der Waals surface area contributed by atoms with E-state index >= 15 is 0 Å². The number of nitrogens with zero attached hydrogens (tertiary/aromatic N) is 3. The van der Waals surface area contributed by atoms with E-state index in [-0.39, 0.29) is 35.0 Å². The summed E-state index contributed by atoms with van der Waals surface area (Å²) in [7, 11) is 0. The molecule has 1 amide bonds. The van der Waals surface area contributed by atoms with E-state index in [0.717, 1.165) is 5.56 Å². The number of aromatic nitrogens is 1. The number of H-pyrrole nitrogens is 1. The Labute approximate surface area is 147 Å². The molecule has 1 aliphatic carbocycles. The number of carbonyl (C=O) groups excluding carboxylic acids is 1. The Bertz CT molecular complexity index is 1040. The van der Waals surface area contributed by atoms with E-state index in [1.807, 2.05) is 30.3 Å². The zero-order valence-corrected chi connectivity index (χ0v) is 13.5. The van der Waals surface area contributed by atoms with Crippen LogP contribution in [0.4, 0.5) is 11.4 Å². The van der Waals surface area contributed by atoms with Crippen molar-refractivity contribution in [2.45, 2.75) is 12.3 Å². The highest BCUT2D eigenvalue weighted by Crippen LogP contribution is 2.48. The highest BCUT2D eigenvalue weighted by Gasteiger charge is 2.44. The van der Waals surface area contributed by atoms with Gasteiger partial charge in [0.15, 0.2) is 5.69 Å². The van der Waals surface area contributed by atoms with Gasteiger partial charge in [-0.25, -0.2) is 0 Å². The topological polar surface area (TPSA) is 121 Å². The predicted octanol–water partition coefficient (Wildman–Crippen LogP) is 4.20. The average Bonchev–Trinajstić information content (AvgIpc) is 3.38. The van der Waals surface area contributed by atoms with Crippen LogP contribution in [-0.2, 0) is 4.79 Å². The molecule has 3 aromatic rings. The Morgan fingerprint density at radius 2 is 2.00 bits per heavy atom. The van der Waals surface area contributed by atoms with Crippen molar-refractivity contribution in [3.8, 4) is 5.88 Å². The van der Waals surface area contributed by atoms with Crippen LogP contribution in [-0.4, -0.2) is 20.9 Å². The lowest BCUT2D eigenvalue weighted by Gasteiger charge is -1.97. The third kappa shape index (κ3) is 2.81. The number of carbonyl (C=O) groups is 1. The van der Waals surface area contributed by atoms with E-state index in [2.05, 4.69) is 15.2 Å². The molecule has 2 atom stereocenters. The monoisotopic (exact) mass is 350 g/mol. The number of nitro groups is 1. The summed E-state index contributed by atoms with van der Waals surface area (Å²) in [6.07, 6.45) is 0.715. The van der Waals surface area contributed by atoms with Crippen LogP contribution in [0.2, 0.25) is 0 Å². The lowest BCUT2D eigenvalue weighted by molar-refractivity contribution is -0.384. The Morgan fingerprint density at radius 1 is 1.23 bits per heavy atom. The molecule has 1 aromatic heterocycles. The maximum Gasteiger partial charge on any atom is 0.270 e. The molecule has 1 fully saturated rings. The van der Waals surface area contributed by atoms with Crippen LogP contribution >= 0.6 is 0 Å². The zero-order chi connectivity index (χ0) is 18.3. The van der Waals surface area contributed by atoms with Gasteiger partial charge in [0.05, 0.1) is 10.4 Å². The number of nitro benzene ring substituents is 1. The molecule has 0 saturated heterocycles. The molecule has 0 bridgehead atoms. The van der Waals surface area contributed by atoms with Gasteiger partial charge in [-0.1, -0.05) is 30.3 Å². The van der Waals surface area contributed by atoms with Crippen molar-refractivity contribution in [2.75, 3.05) is 0 Å². The second-order valence-corrected chi connectivity index (χ2v) is 6.21. The first-order chi connectivity index (χ1) is 12.5. The number of hydrogen-bond donors (Lipinski definition) is 2. The molecule has 0 radical (unpaired) electrons. The highest BCUT2D eigenvalue weighted by molar-refractivity contribution is 5.96. The summed E-state index contributed by atoms with van der Waals surface area (Å²) < 4.78 is 0. The summed E-state index contributed by atoms with van der Waals surface area (Å²) in [6.45, 7) is 0. The third-order valence-electron chi connectivity index (χ3n) is 4.53. The first-order valence-electron chi connectivity index (χ1n) is 8.04. The van der Waals surface area contributed by atoms with Crippen LogP contribution in [0.1, 0.15) is 17.9 Å². The zero-order valence-electron chi connectivity index (χ0n) is 13.5. The normalized spacial score (nSPS) is 19.1. The number of non-ortho nitro benzene ring substituents is 1. The van der Waals surface area contributed by atoms with Crippen molar-refractivity contribution in [2.24, 2.45) is 16.1 Å². The van der Waals surface area contributed by atoms with Crippen molar-refractivity contribution in [1.29, 1.82) is 0 Å². The van der Waals surface area contributed by atoms with Gasteiger partial charge in [0, 0.05) is 23.4 Å². The minimum absolute atomic E-state index is 0.0222. The molecule has 4 rings (SSSR count). The summed E-state index contributed by atoms with van der Waals surface area (Å²) in [5.74, 6) is -0.728. The van der Waals surface area contributed by atoms with Gasteiger partial charge in [-0.2, -0.15) is 0 Å². The molecule has 26 heavy (non-hydrogen) atoms. The molecule has 0 aliphatic heterocycles. The molecule has 1 heterocycles. The van der Waals surface area contributed by atoms with Crippen LogP contribution in [0.25, 0.3) is 10.9 Å². The Hall–Kier alpha value is -3.55. The van der Waals surface area contributed by atoms with E-state index in [4.69, 9.17) is 0 Å². The third-order valence-corrected chi connectivity index (χ3v) is 4.53. The van der Waals surface area contributed by atoms with Gasteiger partial charge in [-0.15, -0.1) is 10.2 Å². The average molecular weight is 350 g/mol. The number of aromatic amines is 1. The van der Waals surface area contributed by atoms with E-state index < -0.39 is 4.92 Å². The summed E-state index contributed by atoms with van der Waals surface area (Å²) >= 11 is 0. The molecule has 0 unspecified atom stereocenters. The largest absolute Gasteiger partial charge is 0.493 e. The maximum absolute atomic E-state index is 12.2. The van der Waals surface area contributed by atoms with Gasteiger partial charge in [0.2, 0.25) is 5.88 Å². The first kappa shape index (κ1) is 15.9. The molecule has 2 N–H and O–H groups in total. The minimum Gasteiger partial charge on any atom is -0.493 e. The molecule has 0 spiro atoms. The number of nitrogens with one attached hydrogen (secondary N) is 1. The Balaban J connectivity index is 1.57. The van der Waals surface area contributed by atoms with Crippen LogP contribution < -0.4 is 0 Å². The number of hydrogen-bond acceptors (Lipinski definition) is 5. The fourth-order valence-corrected chi connectivity index (χ4v) is 3.08. The molecule has 130 valence electrons. The molecule has 1 aliphatic rings. The van der Waals surface area contributed by atoms with Gasteiger partial charge in [0.25, 0.3) is 11.6 Å². The SMILES string of the molecule is O=C(N=Nc1c(O)[nH]c2ccc([N+](=O)[O-])cc12)[C@@H]1C[C@@H]1c1ccccc1. The predicted molar refractivity (Wildman–Crippen MR) is 93.4 cm³/mol. The smallest absolute Gasteiger partial charge is 0.270 e. The molecule has 8 heteroatoms. The van der Waals surface area contributed by atoms with Crippen molar-refractivity contribution < 1.29 is 14.8 Å². The van der Waals surface area contributed by atoms with E-state index in [0.29, 0.717) is 17.3 Å². The summed E-state index contributed by atoms with van der Waals surface area (Å²) in [5, 5.41) is 28.8. The quantitative estimate of drug-likeness (QED) is 0.416. The fourth-order valence-electron chi connectivity index (χ4n) is 3.08. The van der Waals surface area contributed by atoms with Gasteiger partial charge in [-0.3, -0.25) is 14.9 Å². The van der Waals surface area contributed by atoms with Crippen LogP contribution in [0.5, 0.6) is 5.88 Å². The van der Waals surface area contributed by atoms with Gasteiger partial charge in [-0.05, 0) is 24.0 Å². The van der Waals surface area contributed by atoms with E-state index in [9.17, 15) is 20.0 Å². The van der Waals surface area contributed by atoms with Crippen LogP contribution in [0, 0.1) is 16.0 Å². The number of azo groups is 1. The molecule has 2 aromatic carbocycles. The summed E-state index contributed by atoms with van der Waals surface area (Å²) in [4.78, 5) is 25.3. The molecule has 1 saturated carbocycles. The number of amides is 1. The minimum atomic E-state index is -0.537. The fraction of sp³-hybridized carbons (Fsp3) is 0.167. The second kappa shape index (κ2) is 6.07. The Morgan fingerprint density at radius 3 is 2.73 bits per heavy atom. The summed E-state index contributed by atoms with van der Waals surface area (Å²) in [6, 6.07) is 13.8. The lowest BCUT2D eigenvalue weighted by atomic mass is 10.1. The number of aromatic hydroxyl groups is 1. The van der Waals surface area contributed by atoms with Gasteiger partial charge in [0.1, 0.15) is 0 Å². The first-order valence-corrected chi connectivity index (χ1v) is 8.04. The standard InChI is InChI=1S/C18H14N4O4/c23-17(13-9-12(13)10-4-2-1-3-5-10)21-20-16-14-8-11(22(25)26)6-7-15(14)19-18(16)24/h1-8,12-13,19,24H,9H2/t12-,13-/m1/s1. The van der Waals surface area contributed by atoms with E-state index in [1.54, 1.807) is 0 Å². The van der Waals surface area contributed by atoms with Gasteiger partial charge < -0.3 is 10.1 Å². The molecular weight excluding hydrogens is 336 g/mol. The lowest BCUT2D eigenvalue weighted by Crippen LogP contribution is -1.96. The molecule has 8 nitrogen and oxygen atoms in total. The van der Waals surface area contributed by atoms with Crippen molar-refractivity contribution in [3.05, 3.63) is 64.2 Å². The van der Waals surface area contributed by atoms with Crippen molar-refractivity contribution >= 4 is 28.2 Å². The van der Waals surface area contributed by atoms with Gasteiger partial charge >= 0.3 is 0 Å². The second-order valence-electron chi connectivity index (χ2n) is 6.21. The highest BCUT2D eigenvalue weighted by atomic mass is 16.6. The number of benzene rings is 2. The number of fused-ring (bicyclic) bond motifs is 1. The number of rotatable bonds is 4. The van der Waals surface area contributed by atoms with Crippen LogP contribution in [0.3, 0.4) is 0 Å². The van der Waals surface area contributed by atoms with Crippen LogP contribution in [0.15, 0.2) is 58.8 Å². The van der Waals surface area contributed by atoms with Crippen molar-refractivity contribution in [1.82, 2.24) is 4.98 Å². The Kier molecular flexibility index (Phi) is 3.72. The summed E-state index contributed by atoms with van der Waals surface area (Å²) in [5.41, 5.74) is 1.45. The van der Waals surface area contributed by atoms with E-state index in [1.165, 1.54) is 18.2 Å². The maximum atomic E-state index is 12.2. The molecular formula is C18H14N4O4.